The molecule has 3 unspecified atom stereocenters. The molecule has 1 saturated heterocycles. The minimum Gasteiger partial charge on any atom is -0.294 e. The molecule has 2 nitrogen and oxygen atoms in total. The van der Waals surface area contributed by atoms with Gasteiger partial charge in [-0.05, 0) is 109 Å². The molecule has 1 heterocycles. The first kappa shape index (κ1) is 53.2. The Kier molecular flexibility index (Phi) is 32.3. The van der Waals surface area contributed by atoms with E-state index in [0.717, 1.165) is 38.5 Å². The molecule has 0 aromatic carbocycles. The highest BCUT2D eigenvalue weighted by Crippen LogP contribution is 2.49. The molecule has 0 amide bonds. The average Bonchev–Trinajstić information content (AvgIpc) is 3.04. The molecule has 2 heteroatoms. The summed E-state index contributed by atoms with van der Waals surface area (Å²) in [6.07, 6.45) is 28.9. The molecule has 3 atom stereocenters. The summed E-state index contributed by atoms with van der Waals surface area (Å²) in [6, 6.07) is 0. The van der Waals surface area contributed by atoms with Crippen LogP contribution in [0.15, 0.2) is 72.4 Å². The van der Waals surface area contributed by atoms with Crippen LogP contribution >= 0.6 is 0 Å². The number of hydrogen-bond acceptors (Lipinski definition) is 2. The van der Waals surface area contributed by atoms with Crippen LogP contribution in [0.4, 0.5) is 0 Å². The molecular formula is C46H89NO. The SMILES string of the molecule is C=C/C=C\C(=C/CC)C(CC(C)(CC(C)(C)CC)C(/C=C\C)=C/C=C\C)C(C)ON1C(C)(C)CCCC1(C)C.CC.CC.CC.CCC. The third-order valence-electron chi connectivity index (χ3n) is 8.82. The van der Waals surface area contributed by atoms with E-state index >= 15 is 0 Å². The summed E-state index contributed by atoms with van der Waals surface area (Å²) in [5.41, 5.74) is 2.94. The maximum atomic E-state index is 7.10. The lowest BCUT2D eigenvalue weighted by molar-refractivity contribution is -0.308. The third-order valence-corrected chi connectivity index (χ3v) is 8.82. The fourth-order valence-electron chi connectivity index (χ4n) is 6.61. The van der Waals surface area contributed by atoms with Gasteiger partial charge in [0, 0.05) is 17.0 Å². The van der Waals surface area contributed by atoms with Crippen molar-refractivity contribution in [1.29, 1.82) is 0 Å². The van der Waals surface area contributed by atoms with E-state index in [9.17, 15) is 0 Å². The predicted molar refractivity (Wildman–Crippen MR) is 225 cm³/mol. The molecule has 1 rings (SSSR count). The van der Waals surface area contributed by atoms with Crippen LogP contribution in [0.3, 0.4) is 0 Å². The number of allylic oxidation sites excluding steroid dienone is 10. The Hall–Kier alpha value is -1.64. The maximum Gasteiger partial charge on any atom is 0.0834 e. The van der Waals surface area contributed by atoms with Crippen molar-refractivity contribution >= 4 is 0 Å². The van der Waals surface area contributed by atoms with Gasteiger partial charge in [-0.15, -0.1) is 0 Å². The summed E-state index contributed by atoms with van der Waals surface area (Å²) in [6.45, 7) is 48.0. The molecule has 0 aliphatic carbocycles. The number of rotatable bonds is 15. The Balaban J connectivity index is -0.000000977. The van der Waals surface area contributed by atoms with Crippen molar-refractivity contribution in [3.05, 3.63) is 72.4 Å². The van der Waals surface area contributed by atoms with Gasteiger partial charge in [0.15, 0.2) is 0 Å². The van der Waals surface area contributed by atoms with Crippen LogP contribution in [0.1, 0.15) is 190 Å². The third kappa shape index (κ3) is 20.1. The minimum absolute atomic E-state index is 0.00157. The highest BCUT2D eigenvalue weighted by atomic mass is 16.7. The molecule has 48 heavy (non-hydrogen) atoms. The van der Waals surface area contributed by atoms with Crippen LogP contribution < -0.4 is 0 Å². The quantitative estimate of drug-likeness (QED) is 0.161. The Morgan fingerprint density at radius 1 is 0.833 bits per heavy atom. The van der Waals surface area contributed by atoms with Crippen molar-refractivity contribution in [2.75, 3.05) is 0 Å². The van der Waals surface area contributed by atoms with Gasteiger partial charge in [0.1, 0.15) is 0 Å². The Bertz CT molecular complexity index is 910. The van der Waals surface area contributed by atoms with E-state index in [1.165, 1.54) is 24.0 Å². The molecule has 0 aromatic heterocycles. The van der Waals surface area contributed by atoms with Crippen LogP contribution in [0, 0.1) is 16.7 Å². The highest BCUT2D eigenvalue weighted by Gasteiger charge is 2.45. The van der Waals surface area contributed by atoms with E-state index < -0.39 is 0 Å². The normalized spacial score (nSPS) is 19.0. The fourth-order valence-corrected chi connectivity index (χ4v) is 6.61. The molecule has 0 spiro atoms. The fraction of sp³-hybridized carbons (Fsp3) is 0.739. The standard InChI is InChI=1S/C37H63NO.C3H8.3C2H6/c1-14-19-24-31(22-16-3)33(30(6)39-38-35(9,10)26-21-27-36(38,11)12)28-37(13,29-34(7,8)18-5)32(23-17-4)25-20-15-2;1-3-2;3*1-2/h14-15,17,19-20,22-25,30,33H,1,16,18,21,26-29H2,2-13H3;3H2,1-2H3;3*1-2H3/b20-15-,23-17-,24-19-,31-22+,32-25+;;;;. The second-order valence-corrected chi connectivity index (χ2v) is 14.7. The molecule has 0 radical (unpaired) electrons. The van der Waals surface area contributed by atoms with Crippen molar-refractivity contribution in [1.82, 2.24) is 5.06 Å². The van der Waals surface area contributed by atoms with Crippen molar-refractivity contribution in [3.8, 4) is 0 Å². The first-order valence-corrected chi connectivity index (χ1v) is 20.0. The largest absolute Gasteiger partial charge is 0.294 e. The summed E-state index contributed by atoms with van der Waals surface area (Å²) < 4.78 is 0. The summed E-state index contributed by atoms with van der Waals surface area (Å²) >= 11 is 0. The van der Waals surface area contributed by atoms with Crippen molar-refractivity contribution < 1.29 is 4.84 Å². The van der Waals surface area contributed by atoms with Crippen molar-refractivity contribution in [2.24, 2.45) is 16.7 Å². The summed E-state index contributed by atoms with van der Waals surface area (Å²) in [7, 11) is 0. The lowest BCUT2D eigenvalue weighted by Crippen LogP contribution is -2.59. The predicted octanol–water partition coefficient (Wildman–Crippen LogP) is 15.8. The van der Waals surface area contributed by atoms with Gasteiger partial charge in [-0.2, -0.15) is 5.06 Å². The summed E-state index contributed by atoms with van der Waals surface area (Å²) in [4.78, 5) is 7.10. The van der Waals surface area contributed by atoms with Crippen LogP contribution in [-0.4, -0.2) is 22.2 Å². The lowest BCUT2D eigenvalue weighted by Gasteiger charge is -2.53. The first-order chi connectivity index (χ1) is 22.5. The zero-order chi connectivity index (χ0) is 38.6. The topological polar surface area (TPSA) is 12.5 Å². The van der Waals surface area contributed by atoms with E-state index in [1.54, 1.807) is 0 Å². The van der Waals surface area contributed by atoms with Gasteiger partial charge in [0.05, 0.1) is 6.10 Å². The van der Waals surface area contributed by atoms with Crippen LogP contribution in [0.5, 0.6) is 0 Å². The van der Waals surface area contributed by atoms with Crippen LogP contribution in [0.25, 0.3) is 0 Å². The van der Waals surface area contributed by atoms with Gasteiger partial charge in [-0.3, -0.25) is 4.84 Å². The number of hydrogen-bond donors (Lipinski definition) is 0. The average molecular weight is 672 g/mol. The first-order valence-electron chi connectivity index (χ1n) is 20.0. The molecule has 0 saturated carbocycles. The van der Waals surface area contributed by atoms with Crippen LogP contribution in [-0.2, 0) is 4.84 Å². The number of hydroxylamine groups is 2. The van der Waals surface area contributed by atoms with Gasteiger partial charge in [0.2, 0.25) is 0 Å². The van der Waals surface area contributed by atoms with Crippen LogP contribution in [0.2, 0.25) is 0 Å². The monoisotopic (exact) mass is 672 g/mol. The van der Waals surface area contributed by atoms with E-state index in [0.29, 0.717) is 0 Å². The molecule has 1 aliphatic rings. The molecule has 1 aliphatic heterocycles. The van der Waals surface area contributed by atoms with Gasteiger partial charge in [0.25, 0.3) is 0 Å². The molecule has 0 N–H and O–H groups in total. The molecule has 1 fully saturated rings. The summed E-state index contributed by atoms with van der Waals surface area (Å²) in [5, 5.41) is 2.35. The zero-order valence-electron chi connectivity index (χ0n) is 36.6. The highest BCUT2D eigenvalue weighted by molar-refractivity contribution is 5.33. The molecule has 284 valence electrons. The van der Waals surface area contributed by atoms with E-state index in [-0.39, 0.29) is 33.9 Å². The van der Waals surface area contributed by atoms with Gasteiger partial charge in [-0.1, -0.05) is 164 Å². The Morgan fingerprint density at radius 3 is 1.73 bits per heavy atom. The Labute approximate surface area is 305 Å². The zero-order valence-corrected chi connectivity index (χ0v) is 36.6. The molecule has 0 bridgehead atoms. The Morgan fingerprint density at radius 2 is 1.33 bits per heavy atom. The van der Waals surface area contributed by atoms with E-state index in [4.69, 9.17) is 4.84 Å². The molecule has 0 aromatic rings. The lowest BCUT2D eigenvalue weighted by atomic mass is 9.63. The van der Waals surface area contributed by atoms with E-state index in [1.807, 2.05) is 47.6 Å². The van der Waals surface area contributed by atoms with Gasteiger partial charge < -0.3 is 0 Å². The molecular weight excluding hydrogens is 583 g/mol. The van der Waals surface area contributed by atoms with E-state index in [2.05, 4.69) is 157 Å². The maximum absolute atomic E-state index is 7.10. The van der Waals surface area contributed by atoms with Gasteiger partial charge >= 0.3 is 0 Å². The second-order valence-electron chi connectivity index (χ2n) is 14.7. The van der Waals surface area contributed by atoms with Gasteiger partial charge in [-0.25, -0.2) is 0 Å². The smallest absolute Gasteiger partial charge is 0.0834 e. The van der Waals surface area contributed by atoms with Crippen molar-refractivity contribution in [3.63, 3.8) is 0 Å². The van der Waals surface area contributed by atoms with Crippen molar-refractivity contribution in [2.45, 2.75) is 207 Å². The number of piperidine rings is 1. The number of nitrogens with zero attached hydrogens (tertiary/aromatic N) is 1. The second kappa shape index (κ2) is 29.1. The minimum atomic E-state index is -0.0321. The summed E-state index contributed by atoms with van der Waals surface area (Å²) in [5.74, 6) is 0.228.